The number of benzene rings is 1. The molecule has 0 amide bonds. The third-order valence-corrected chi connectivity index (χ3v) is 2.05. The molecule has 0 unspecified atom stereocenters. The molecule has 5 heteroatoms. The van der Waals surface area contributed by atoms with Gasteiger partial charge < -0.3 is 14.9 Å². The molecule has 0 saturated carbocycles. The van der Waals surface area contributed by atoms with Crippen LogP contribution in [0.5, 0.6) is 5.75 Å². The topological polar surface area (TPSA) is 83.8 Å². The highest BCUT2D eigenvalue weighted by Crippen LogP contribution is 2.21. The molecule has 0 fully saturated rings. The van der Waals surface area contributed by atoms with Gasteiger partial charge in [-0.25, -0.2) is 4.79 Å². The zero-order valence-corrected chi connectivity index (χ0v) is 9.21. The van der Waals surface area contributed by atoms with Crippen LogP contribution in [-0.4, -0.2) is 29.3 Å². The standard InChI is InChI=1S/C12H12O5/c1-17-10-4-2-8(7-12(15)16)6-9(10)3-5-11(13)14/h2-6H,7H2,1H3,(H,13,14)(H,15,16). The van der Waals surface area contributed by atoms with E-state index in [0.717, 1.165) is 6.08 Å². The molecule has 0 saturated heterocycles. The van der Waals surface area contributed by atoms with E-state index in [4.69, 9.17) is 14.9 Å². The third-order valence-electron chi connectivity index (χ3n) is 2.05. The smallest absolute Gasteiger partial charge is 0.328 e. The molecule has 0 radical (unpaired) electrons. The van der Waals surface area contributed by atoms with Crippen molar-refractivity contribution >= 4 is 18.0 Å². The fourth-order valence-electron chi connectivity index (χ4n) is 1.36. The van der Waals surface area contributed by atoms with E-state index in [-0.39, 0.29) is 6.42 Å². The average Bonchev–Trinajstić information content (AvgIpc) is 2.25. The summed E-state index contributed by atoms with van der Waals surface area (Å²) in [6.07, 6.45) is 2.23. The molecule has 2 N–H and O–H groups in total. The molecule has 0 heterocycles. The number of hydrogen-bond acceptors (Lipinski definition) is 3. The fraction of sp³-hybridized carbons (Fsp3) is 0.167. The van der Waals surface area contributed by atoms with Crippen LogP contribution in [0.3, 0.4) is 0 Å². The van der Waals surface area contributed by atoms with Crippen LogP contribution in [0.25, 0.3) is 6.08 Å². The van der Waals surface area contributed by atoms with Crippen LogP contribution in [-0.2, 0) is 16.0 Å². The second-order valence-electron chi connectivity index (χ2n) is 3.32. The summed E-state index contributed by atoms with van der Waals surface area (Å²) in [6, 6.07) is 4.83. The number of aliphatic carboxylic acids is 2. The molecule has 0 aliphatic heterocycles. The Bertz CT molecular complexity index is 462. The first-order chi connectivity index (χ1) is 8.02. The van der Waals surface area contributed by atoms with Crippen molar-refractivity contribution in [1.82, 2.24) is 0 Å². The molecular weight excluding hydrogens is 224 g/mol. The van der Waals surface area contributed by atoms with Crippen molar-refractivity contribution in [2.75, 3.05) is 7.11 Å². The minimum atomic E-state index is -1.07. The molecular formula is C12H12O5. The van der Waals surface area contributed by atoms with Gasteiger partial charge in [-0.05, 0) is 23.8 Å². The van der Waals surface area contributed by atoms with Gasteiger partial charge >= 0.3 is 11.9 Å². The van der Waals surface area contributed by atoms with Gasteiger partial charge in [0, 0.05) is 11.6 Å². The van der Waals surface area contributed by atoms with Crippen LogP contribution in [0.1, 0.15) is 11.1 Å². The lowest BCUT2D eigenvalue weighted by Gasteiger charge is -2.06. The lowest BCUT2D eigenvalue weighted by molar-refractivity contribution is -0.136. The molecule has 90 valence electrons. The lowest BCUT2D eigenvalue weighted by Crippen LogP contribution is -2.00. The van der Waals surface area contributed by atoms with Gasteiger partial charge in [-0.1, -0.05) is 6.07 Å². The van der Waals surface area contributed by atoms with E-state index in [2.05, 4.69) is 0 Å². The Morgan fingerprint density at radius 3 is 2.59 bits per heavy atom. The maximum atomic E-state index is 10.6. The summed E-state index contributed by atoms with van der Waals surface area (Å²) in [5.41, 5.74) is 1.12. The van der Waals surface area contributed by atoms with Crippen LogP contribution < -0.4 is 4.74 Å². The quantitative estimate of drug-likeness (QED) is 0.755. The molecule has 17 heavy (non-hydrogen) atoms. The normalized spacial score (nSPS) is 10.4. The zero-order chi connectivity index (χ0) is 12.8. The maximum Gasteiger partial charge on any atom is 0.328 e. The highest BCUT2D eigenvalue weighted by atomic mass is 16.5. The van der Waals surface area contributed by atoms with Crippen LogP contribution in [0, 0.1) is 0 Å². The van der Waals surface area contributed by atoms with E-state index in [1.807, 2.05) is 0 Å². The summed E-state index contributed by atoms with van der Waals surface area (Å²) in [5.74, 6) is -1.52. The second kappa shape index (κ2) is 5.69. The first kappa shape index (κ1) is 12.8. The Balaban J connectivity index is 3.05. The molecule has 0 aromatic heterocycles. The first-order valence-corrected chi connectivity index (χ1v) is 4.82. The molecule has 1 aromatic carbocycles. The van der Waals surface area contributed by atoms with E-state index in [1.165, 1.54) is 13.2 Å². The zero-order valence-electron chi connectivity index (χ0n) is 9.21. The minimum Gasteiger partial charge on any atom is -0.496 e. The van der Waals surface area contributed by atoms with Gasteiger partial charge in [-0.2, -0.15) is 0 Å². The Kier molecular flexibility index (Phi) is 4.28. The number of carboxylic acid groups (broad SMARTS) is 2. The van der Waals surface area contributed by atoms with Gasteiger partial charge in [-0.3, -0.25) is 4.79 Å². The number of carboxylic acids is 2. The SMILES string of the molecule is COc1ccc(CC(=O)O)cc1C=CC(=O)O. The Labute approximate surface area is 98.0 Å². The summed E-state index contributed by atoms with van der Waals surface area (Å²) in [6.45, 7) is 0. The van der Waals surface area contributed by atoms with Gasteiger partial charge in [0.2, 0.25) is 0 Å². The number of carbonyl (C=O) groups is 2. The van der Waals surface area contributed by atoms with E-state index >= 15 is 0 Å². The van der Waals surface area contributed by atoms with Crippen molar-refractivity contribution < 1.29 is 24.5 Å². The number of methoxy groups -OCH3 is 1. The Morgan fingerprint density at radius 1 is 1.35 bits per heavy atom. The summed E-state index contributed by atoms with van der Waals surface area (Å²) >= 11 is 0. The summed E-state index contributed by atoms with van der Waals surface area (Å²) in [5, 5.41) is 17.2. The van der Waals surface area contributed by atoms with E-state index in [1.54, 1.807) is 18.2 Å². The average molecular weight is 236 g/mol. The number of ether oxygens (including phenoxy) is 1. The van der Waals surface area contributed by atoms with Crippen molar-refractivity contribution in [3.63, 3.8) is 0 Å². The first-order valence-electron chi connectivity index (χ1n) is 4.82. The largest absolute Gasteiger partial charge is 0.496 e. The predicted octanol–water partition coefficient (Wildman–Crippen LogP) is 1.42. The Morgan fingerprint density at radius 2 is 2.06 bits per heavy atom. The Hall–Kier alpha value is -2.30. The third kappa shape index (κ3) is 3.98. The minimum absolute atomic E-state index is 0.113. The number of hydrogen-bond donors (Lipinski definition) is 2. The highest BCUT2D eigenvalue weighted by Gasteiger charge is 2.05. The molecule has 0 aliphatic carbocycles. The predicted molar refractivity (Wildman–Crippen MR) is 61.0 cm³/mol. The monoisotopic (exact) mass is 236 g/mol. The van der Waals surface area contributed by atoms with Crippen LogP contribution in [0.2, 0.25) is 0 Å². The summed E-state index contributed by atoms with van der Waals surface area (Å²) in [4.78, 5) is 21.0. The molecule has 1 aromatic rings. The van der Waals surface area contributed by atoms with Gasteiger partial charge in [-0.15, -0.1) is 0 Å². The molecule has 0 atom stereocenters. The lowest BCUT2D eigenvalue weighted by atomic mass is 10.1. The van der Waals surface area contributed by atoms with Gasteiger partial charge in [0.25, 0.3) is 0 Å². The number of rotatable bonds is 5. The van der Waals surface area contributed by atoms with Crippen LogP contribution in [0.15, 0.2) is 24.3 Å². The van der Waals surface area contributed by atoms with Gasteiger partial charge in [0.05, 0.1) is 13.5 Å². The van der Waals surface area contributed by atoms with Crippen molar-refractivity contribution in [3.8, 4) is 5.75 Å². The van der Waals surface area contributed by atoms with Crippen LogP contribution >= 0.6 is 0 Å². The summed E-state index contributed by atoms with van der Waals surface area (Å²) < 4.78 is 5.05. The van der Waals surface area contributed by atoms with Crippen LogP contribution in [0.4, 0.5) is 0 Å². The fourth-order valence-corrected chi connectivity index (χ4v) is 1.36. The molecule has 0 aliphatic rings. The molecule has 0 spiro atoms. The highest BCUT2D eigenvalue weighted by molar-refractivity contribution is 5.86. The van der Waals surface area contributed by atoms with Crippen molar-refractivity contribution in [1.29, 1.82) is 0 Å². The van der Waals surface area contributed by atoms with Gasteiger partial charge in [0.15, 0.2) is 0 Å². The molecule has 5 nitrogen and oxygen atoms in total. The van der Waals surface area contributed by atoms with E-state index in [9.17, 15) is 9.59 Å². The van der Waals surface area contributed by atoms with Crippen molar-refractivity contribution in [2.24, 2.45) is 0 Å². The second-order valence-corrected chi connectivity index (χ2v) is 3.32. The van der Waals surface area contributed by atoms with Crippen molar-refractivity contribution in [3.05, 3.63) is 35.4 Å². The van der Waals surface area contributed by atoms with E-state index < -0.39 is 11.9 Å². The maximum absolute atomic E-state index is 10.6. The van der Waals surface area contributed by atoms with E-state index in [0.29, 0.717) is 16.9 Å². The van der Waals surface area contributed by atoms with Crippen molar-refractivity contribution in [2.45, 2.75) is 6.42 Å². The molecule has 0 bridgehead atoms. The molecule has 1 rings (SSSR count). The summed E-state index contributed by atoms with van der Waals surface area (Å²) in [7, 11) is 1.46. The van der Waals surface area contributed by atoms with Gasteiger partial charge in [0.1, 0.15) is 5.75 Å².